The minimum absolute atomic E-state index is 0.315. The lowest BCUT2D eigenvalue weighted by Crippen LogP contribution is -2.43. The first-order chi connectivity index (χ1) is 12.1. The summed E-state index contributed by atoms with van der Waals surface area (Å²) >= 11 is 0. The second-order valence-electron chi connectivity index (χ2n) is 6.48. The van der Waals surface area contributed by atoms with Crippen LogP contribution >= 0.6 is 0 Å². The fraction of sp³-hybridized carbons (Fsp3) is 0.474. The first kappa shape index (κ1) is 17.7. The Morgan fingerprint density at radius 2 is 2.08 bits per heavy atom. The number of hydrogen-bond acceptors (Lipinski definition) is 4. The Morgan fingerprint density at radius 1 is 1.24 bits per heavy atom. The molecule has 1 aliphatic heterocycles. The van der Waals surface area contributed by atoms with E-state index in [1.54, 1.807) is 6.20 Å². The van der Waals surface area contributed by atoms with Gasteiger partial charge in [0.2, 0.25) is 5.95 Å². The highest BCUT2D eigenvalue weighted by molar-refractivity contribution is 5.66. The molecule has 1 aromatic carbocycles. The zero-order chi connectivity index (χ0) is 17.8. The molecule has 4 nitrogen and oxygen atoms in total. The van der Waals surface area contributed by atoms with E-state index in [0.717, 1.165) is 25.7 Å². The third kappa shape index (κ3) is 4.12. The first-order valence-corrected chi connectivity index (χ1v) is 8.85. The van der Waals surface area contributed by atoms with Gasteiger partial charge in [-0.25, -0.2) is 18.7 Å². The van der Waals surface area contributed by atoms with Crippen LogP contribution in [-0.2, 0) is 0 Å². The van der Waals surface area contributed by atoms with Gasteiger partial charge in [-0.05, 0) is 45.0 Å². The molecule has 1 unspecified atom stereocenters. The van der Waals surface area contributed by atoms with Gasteiger partial charge in [0.25, 0.3) is 0 Å². The van der Waals surface area contributed by atoms with Gasteiger partial charge in [0.05, 0.1) is 5.69 Å². The maximum atomic E-state index is 14.0. The zero-order valence-corrected chi connectivity index (χ0v) is 14.7. The minimum Gasteiger partial charge on any atom is -0.353 e. The van der Waals surface area contributed by atoms with Crippen LogP contribution in [0.1, 0.15) is 31.9 Å². The van der Waals surface area contributed by atoms with E-state index in [1.165, 1.54) is 31.4 Å². The molecule has 3 rings (SSSR count). The average Bonchev–Trinajstić information content (AvgIpc) is 2.61. The number of benzene rings is 1. The highest BCUT2D eigenvalue weighted by Gasteiger charge is 2.21. The molecule has 134 valence electrons. The number of nitrogens with zero attached hydrogens (tertiary/aromatic N) is 3. The Morgan fingerprint density at radius 3 is 2.80 bits per heavy atom. The maximum Gasteiger partial charge on any atom is 0.222 e. The van der Waals surface area contributed by atoms with E-state index in [-0.39, 0.29) is 0 Å². The molecule has 1 aliphatic rings. The van der Waals surface area contributed by atoms with Crippen molar-refractivity contribution in [1.29, 1.82) is 0 Å². The highest BCUT2D eigenvalue weighted by Crippen LogP contribution is 2.26. The molecule has 6 heteroatoms. The smallest absolute Gasteiger partial charge is 0.222 e. The van der Waals surface area contributed by atoms with Crippen LogP contribution < -0.4 is 5.32 Å². The monoisotopic (exact) mass is 346 g/mol. The Kier molecular flexibility index (Phi) is 5.58. The zero-order valence-electron chi connectivity index (χ0n) is 14.7. The number of piperidine rings is 1. The summed E-state index contributed by atoms with van der Waals surface area (Å²) in [5.41, 5.74) is 1.56. The van der Waals surface area contributed by atoms with Crippen molar-refractivity contribution in [3.05, 3.63) is 41.7 Å². The molecule has 1 aromatic heterocycles. The van der Waals surface area contributed by atoms with E-state index in [1.807, 2.05) is 6.92 Å². The molecule has 0 aliphatic carbocycles. The van der Waals surface area contributed by atoms with Gasteiger partial charge in [-0.2, -0.15) is 0 Å². The predicted octanol–water partition coefficient (Wildman–Crippen LogP) is 4.02. The molecule has 1 saturated heterocycles. The lowest BCUT2D eigenvalue weighted by Gasteiger charge is -2.34. The normalized spacial score (nSPS) is 18.3. The topological polar surface area (TPSA) is 41.0 Å². The predicted molar refractivity (Wildman–Crippen MR) is 95.5 cm³/mol. The second kappa shape index (κ2) is 7.87. The van der Waals surface area contributed by atoms with Crippen molar-refractivity contribution in [3.63, 3.8) is 0 Å². The molecule has 25 heavy (non-hydrogen) atoms. The summed E-state index contributed by atoms with van der Waals surface area (Å²) in [6.45, 7) is 6.99. The van der Waals surface area contributed by atoms with Crippen molar-refractivity contribution in [2.24, 2.45) is 0 Å². The van der Waals surface area contributed by atoms with Crippen LogP contribution in [0.15, 0.2) is 24.4 Å². The third-order valence-electron chi connectivity index (χ3n) is 4.85. The van der Waals surface area contributed by atoms with E-state index in [4.69, 9.17) is 0 Å². The number of rotatable bonds is 5. The van der Waals surface area contributed by atoms with Crippen LogP contribution in [0.5, 0.6) is 0 Å². The van der Waals surface area contributed by atoms with E-state index in [2.05, 4.69) is 27.1 Å². The standard InChI is InChI=1S/C19H24F2N4/c1-3-25-9-5-4-6-15(25)11-22-19-23-12-17(13(2)24-19)16-8-7-14(20)10-18(16)21/h7-8,10,12,15H,3-6,9,11H2,1-2H3,(H,22,23,24). The van der Waals surface area contributed by atoms with Crippen molar-refractivity contribution in [1.82, 2.24) is 14.9 Å². The molecule has 1 atom stereocenters. The Bertz CT molecular complexity index is 735. The van der Waals surface area contributed by atoms with Crippen LogP contribution in [-0.4, -0.2) is 40.5 Å². The van der Waals surface area contributed by atoms with Crippen molar-refractivity contribution in [2.75, 3.05) is 25.0 Å². The van der Waals surface area contributed by atoms with Crippen LogP contribution in [0.2, 0.25) is 0 Å². The summed E-state index contributed by atoms with van der Waals surface area (Å²) in [4.78, 5) is 11.2. The number of likely N-dealkylation sites (N-methyl/N-ethyl adjacent to an activating group) is 1. The van der Waals surface area contributed by atoms with E-state index in [0.29, 0.717) is 28.8 Å². The number of anilines is 1. The molecule has 1 fully saturated rings. The lowest BCUT2D eigenvalue weighted by atomic mass is 10.0. The molecule has 0 bridgehead atoms. The summed E-state index contributed by atoms with van der Waals surface area (Å²) in [7, 11) is 0. The number of hydrogen-bond donors (Lipinski definition) is 1. The molecule has 0 radical (unpaired) electrons. The van der Waals surface area contributed by atoms with Gasteiger partial charge >= 0.3 is 0 Å². The summed E-state index contributed by atoms with van der Waals surface area (Å²) < 4.78 is 27.1. The Hall–Kier alpha value is -2.08. The number of halogens is 2. The van der Waals surface area contributed by atoms with Crippen molar-refractivity contribution in [2.45, 2.75) is 39.2 Å². The fourth-order valence-electron chi connectivity index (χ4n) is 3.44. The Balaban J connectivity index is 1.71. The van der Waals surface area contributed by atoms with Crippen molar-refractivity contribution >= 4 is 5.95 Å². The molecule has 0 saturated carbocycles. The lowest BCUT2D eigenvalue weighted by molar-refractivity contribution is 0.164. The van der Waals surface area contributed by atoms with E-state index < -0.39 is 11.6 Å². The van der Waals surface area contributed by atoms with Crippen LogP contribution in [0.25, 0.3) is 11.1 Å². The molecule has 0 amide bonds. The van der Waals surface area contributed by atoms with Crippen molar-refractivity contribution in [3.8, 4) is 11.1 Å². The highest BCUT2D eigenvalue weighted by atomic mass is 19.1. The van der Waals surface area contributed by atoms with Crippen LogP contribution in [0.4, 0.5) is 14.7 Å². The van der Waals surface area contributed by atoms with Gasteiger partial charge in [-0.1, -0.05) is 13.3 Å². The largest absolute Gasteiger partial charge is 0.353 e. The first-order valence-electron chi connectivity index (χ1n) is 8.85. The van der Waals surface area contributed by atoms with Gasteiger partial charge in [0, 0.05) is 36.0 Å². The second-order valence-corrected chi connectivity index (χ2v) is 6.48. The van der Waals surface area contributed by atoms with Gasteiger partial charge in [-0.15, -0.1) is 0 Å². The molecule has 2 heterocycles. The SMILES string of the molecule is CCN1CCCCC1CNc1ncc(-c2ccc(F)cc2F)c(C)n1. The van der Waals surface area contributed by atoms with Gasteiger partial charge in [0.15, 0.2) is 0 Å². The molecule has 1 N–H and O–H groups in total. The van der Waals surface area contributed by atoms with Gasteiger partial charge in [0.1, 0.15) is 11.6 Å². The molecule has 0 spiro atoms. The summed E-state index contributed by atoms with van der Waals surface area (Å²) in [6, 6.07) is 4.04. The van der Waals surface area contributed by atoms with Crippen LogP contribution in [0, 0.1) is 18.6 Å². The molecular formula is C19H24F2N4. The summed E-state index contributed by atoms with van der Waals surface area (Å²) in [5.74, 6) is -0.648. The third-order valence-corrected chi connectivity index (χ3v) is 4.85. The summed E-state index contributed by atoms with van der Waals surface area (Å²) in [5, 5.41) is 3.30. The fourth-order valence-corrected chi connectivity index (χ4v) is 3.44. The number of aromatic nitrogens is 2. The van der Waals surface area contributed by atoms with E-state index in [9.17, 15) is 8.78 Å². The number of likely N-dealkylation sites (tertiary alicyclic amines) is 1. The molecule has 2 aromatic rings. The number of aryl methyl sites for hydroxylation is 1. The van der Waals surface area contributed by atoms with Gasteiger partial charge < -0.3 is 5.32 Å². The summed E-state index contributed by atoms with van der Waals surface area (Å²) in [6.07, 6.45) is 5.29. The quantitative estimate of drug-likeness (QED) is 0.888. The van der Waals surface area contributed by atoms with Crippen molar-refractivity contribution < 1.29 is 8.78 Å². The Labute approximate surface area is 147 Å². The minimum atomic E-state index is -0.604. The molecular weight excluding hydrogens is 322 g/mol. The van der Waals surface area contributed by atoms with Crippen LogP contribution in [0.3, 0.4) is 0 Å². The van der Waals surface area contributed by atoms with E-state index >= 15 is 0 Å². The average molecular weight is 346 g/mol. The maximum absolute atomic E-state index is 14.0. The van der Waals surface area contributed by atoms with Gasteiger partial charge in [-0.3, -0.25) is 4.90 Å². The number of nitrogens with one attached hydrogen (secondary N) is 1.